The Morgan fingerprint density at radius 2 is 1.90 bits per heavy atom. The third-order valence-electron chi connectivity index (χ3n) is 5.41. The van der Waals surface area contributed by atoms with Crippen LogP contribution in [0.3, 0.4) is 0 Å². The van der Waals surface area contributed by atoms with Gasteiger partial charge in [-0.1, -0.05) is 37.3 Å². The molecular formula is C18H26ClNO. The van der Waals surface area contributed by atoms with Crippen LogP contribution in [-0.2, 0) is 5.41 Å². The largest absolute Gasteiger partial charge is 0.493 e. The first-order valence-corrected chi connectivity index (χ1v) is 8.74. The number of ether oxygens (including phenoxy) is 1. The van der Waals surface area contributed by atoms with Gasteiger partial charge in [0.25, 0.3) is 0 Å². The molecule has 0 aliphatic heterocycles. The molecule has 0 spiro atoms. The lowest BCUT2D eigenvalue weighted by Crippen LogP contribution is -2.37. The fourth-order valence-corrected chi connectivity index (χ4v) is 3.89. The van der Waals surface area contributed by atoms with Crippen LogP contribution < -0.4 is 10.5 Å². The average Bonchev–Trinajstić information content (AvgIpc) is 2.48. The molecule has 2 saturated carbocycles. The summed E-state index contributed by atoms with van der Waals surface area (Å²) in [6, 6.07) is 6.08. The predicted molar refractivity (Wildman–Crippen MR) is 88.1 cm³/mol. The van der Waals surface area contributed by atoms with Crippen molar-refractivity contribution in [3.63, 3.8) is 0 Å². The molecule has 2 aliphatic carbocycles. The molecule has 1 aromatic rings. The van der Waals surface area contributed by atoms with E-state index in [0.717, 1.165) is 36.1 Å². The SMILES string of the molecule is NCC1(c2cc(Cl)ccc2OCC2CCC2)CCCCC1. The molecule has 1 aromatic carbocycles. The highest BCUT2D eigenvalue weighted by Gasteiger charge is 2.35. The predicted octanol–water partition coefficient (Wildman–Crippen LogP) is 4.68. The third-order valence-corrected chi connectivity index (χ3v) is 5.65. The van der Waals surface area contributed by atoms with E-state index < -0.39 is 0 Å². The van der Waals surface area contributed by atoms with E-state index in [-0.39, 0.29) is 5.41 Å². The molecule has 2 fully saturated rings. The fourth-order valence-electron chi connectivity index (χ4n) is 3.72. The second kappa shape index (κ2) is 6.58. The van der Waals surface area contributed by atoms with Gasteiger partial charge in [-0.25, -0.2) is 0 Å². The molecule has 0 unspecified atom stereocenters. The minimum atomic E-state index is 0.0676. The molecular weight excluding hydrogens is 282 g/mol. The van der Waals surface area contributed by atoms with Crippen LogP contribution >= 0.6 is 11.6 Å². The van der Waals surface area contributed by atoms with Gasteiger partial charge in [0.1, 0.15) is 5.75 Å². The second-order valence-electron chi connectivity index (χ2n) is 6.79. The van der Waals surface area contributed by atoms with E-state index in [1.54, 1.807) is 0 Å². The Morgan fingerprint density at radius 1 is 1.14 bits per heavy atom. The van der Waals surface area contributed by atoms with Crippen molar-refractivity contribution in [2.24, 2.45) is 11.7 Å². The topological polar surface area (TPSA) is 35.2 Å². The van der Waals surface area contributed by atoms with Crippen LogP contribution in [0.2, 0.25) is 5.02 Å². The summed E-state index contributed by atoms with van der Waals surface area (Å²) in [6.45, 7) is 1.53. The van der Waals surface area contributed by atoms with Gasteiger partial charge in [-0.2, -0.15) is 0 Å². The first-order valence-electron chi connectivity index (χ1n) is 8.36. The lowest BCUT2D eigenvalue weighted by molar-refractivity contribution is 0.175. The molecule has 116 valence electrons. The maximum Gasteiger partial charge on any atom is 0.123 e. The Morgan fingerprint density at radius 3 is 2.52 bits per heavy atom. The number of nitrogens with two attached hydrogens (primary N) is 1. The molecule has 3 rings (SSSR count). The molecule has 0 amide bonds. The number of halogens is 1. The van der Waals surface area contributed by atoms with Crippen molar-refractivity contribution in [2.75, 3.05) is 13.2 Å². The van der Waals surface area contributed by atoms with Crippen molar-refractivity contribution in [1.29, 1.82) is 0 Å². The normalized spacial score (nSPS) is 21.8. The van der Waals surface area contributed by atoms with E-state index >= 15 is 0 Å². The Kier molecular flexibility index (Phi) is 4.75. The van der Waals surface area contributed by atoms with Crippen LogP contribution in [0.25, 0.3) is 0 Å². The van der Waals surface area contributed by atoms with E-state index in [1.165, 1.54) is 44.1 Å². The third kappa shape index (κ3) is 3.22. The van der Waals surface area contributed by atoms with Crippen molar-refractivity contribution in [3.05, 3.63) is 28.8 Å². The summed E-state index contributed by atoms with van der Waals surface area (Å²) in [5, 5.41) is 0.791. The van der Waals surface area contributed by atoms with Crippen LogP contribution in [-0.4, -0.2) is 13.2 Å². The van der Waals surface area contributed by atoms with Crippen LogP contribution in [0.1, 0.15) is 56.9 Å². The summed E-state index contributed by atoms with van der Waals surface area (Å²) >= 11 is 6.26. The van der Waals surface area contributed by atoms with Crippen LogP contribution in [0.15, 0.2) is 18.2 Å². The summed E-state index contributed by atoms with van der Waals surface area (Å²) in [4.78, 5) is 0. The number of rotatable bonds is 5. The fraction of sp³-hybridized carbons (Fsp3) is 0.667. The van der Waals surface area contributed by atoms with E-state index in [9.17, 15) is 0 Å². The van der Waals surface area contributed by atoms with Crippen molar-refractivity contribution in [1.82, 2.24) is 0 Å². The standard InChI is InChI=1S/C18H26ClNO/c19-15-7-8-17(21-12-14-5-4-6-14)16(11-15)18(13-20)9-2-1-3-10-18/h7-8,11,14H,1-6,9-10,12-13,20H2. The van der Waals surface area contributed by atoms with Gasteiger partial charge in [-0.15, -0.1) is 0 Å². The van der Waals surface area contributed by atoms with Gasteiger partial charge < -0.3 is 10.5 Å². The Labute approximate surface area is 133 Å². The van der Waals surface area contributed by atoms with E-state index in [1.807, 2.05) is 12.1 Å². The molecule has 2 N–H and O–H groups in total. The molecule has 0 radical (unpaired) electrons. The molecule has 21 heavy (non-hydrogen) atoms. The first kappa shape index (κ1) is 15.2. The van der Waals surface area contributed by atoms with Crippen molar-refractivity contribution in [3.8, 4) is 5.75 Å². The van der Waals surface area contributed by atoms with E-state index in [2.05, 4.69) is 6.07 Å². The zero-order chi connectivity index (χ0) is 14.7. The van der Waals surface area contributed by atoms with Gasteiger partial charge in [0, 0.05) is 22.5 Å². The van der Waals surface area contributed by atoms with Crippen molar-refractivity contribution in [2.45, 2.75) is 56.8 Å². The molecule has 3 heteroatoms. The van der Waals surface area contributed by atoms with Gasteiger partial charge in [-0.05, 0) is 49.8 Å². The number of benzene rings is 1. The molecule has 0 bridgehead atoms. The van der Waals surface area contributed by atoms with Gasteiger partial charge in [-0.3, -0.25) is 0 Å². The minimum absolute atomic E-state index is 0.0676. The highest BCUT2D eigenvalue weighted by atomic mass is 35.5. The van der Waals surface area contributed by atoms with E-state index in [0.29, 0.717) is 6.54 Å². The lowest BCUT2D eigenvalue weighted by Gasteiger charge is -2.38. The molecule has 0 atom stereocenters. The summed E-state index contributed by atoms with van der Waals surface area (Å²) in [5.41, 5.74) is 7.50. The lowest BCUT2D eigenvalue weighted by atomic mass is 9.69. The van der Waals surface area contributed by atoms with Gasteiger partial charge in [0.15, 0.2) is 0 Å². The molecule has 2 aliphatic rings. The zero-order valence-corrected chi connectivity index (χ0v) is 13.5. The smallest absolute Gasteiger partial charge is 0.123 e. The van der Waals surface area contributed by atoms with Crippen molar-refractivity contribution >= 4 is 11.6 Å². The summed E-state index contributed by atoms with van der Waals surface area (Å²) < 4.78 is 6.16. The van der Waals surface area contributed by atoms with Gasteiger partial charge >= 0.3 is 0 Å². The Balaban J connectivity index is 1.85. The summed E-state index contributed by atoms with van der Waals surface area (Å²) in [7, 11) is 0. The van der Waals surface area contributed by atoms with Crippen LogP contribution in [0, 0.1) is 5.92 Å². The van der Waals surface area contributed by atoms with Crippen LogP contribution in [0.5, 0.6) is 5.75 Å². The van der Waals surface area contributed by atoms with Gasteiger partial charge in [0.05, 0.1) is 6.61 Å². The monoisotopic (exact) mass is 307 g/mol. The van der Waals surface area contributed by atoms with E-state index in [4.69, 9.17) is 22.1 Å². The average molecular weight is 308 g/mol. The maximum atomic E-state index is 6.26. The first-order chi connectivity index (χ1) is 10.2. The maximum absolute atomic E-state index is 6.26. The highest BCUT2D eigenvalue weighted by Crippen LogP contribution is 2.44. The molecule has 0 heterocycles. The Hall–Kier alpha value is -0.730. The molecule has 0 saturated heterocycles. The molecule has 0 aromatic heterocycles. The highest BCUT2D eigenvalue weighted by molar-refractivity contribution is 6.30. The Bertz CT molecular complexity index is 478. The zero-order valence-electron chi connectivity index (χ0n) is 12.7. The minimum Gasteiger partial charge on any atom is -0.493 e. The summed E-state index contributed by atoms with van der Waals surface area (Å²) in [6.07, 6.45) is 10.1. The summed E-state index contributed by atoms with van der Waals surface area (Å²) in [5.74, 6) is 1.76. The quantitative estimate of drug-likeness (QED) is 0.857. The van der Waals surface area contributed by atoms with Crippen molar-refractivity contribution < 1.29 is 4.74 Å². The van der Waals surface area contributed by atoms with Crippen LogP contribution in [0.4, 0.5) is 0 Å². The second-order valence-corrected chi connectivity index (χ2v) is 7.23. The van der Waals surface area contributed by atoms with Gasteiger partial charge in [0.2, 0.25) is 0 Å². The number of hydrogen-bond donors (Lipinski definition) is 1. The number of hydrogen-bond acceptors (Lipinski definition) is 2. The molecule has 2 nitrogen and oxygen atoms in total.